The van der Waals surface area contributed by atoms with Crippen LogP contribution in [0, 0.1) is 13.8 Å². The van der Waals surface area contributed by atoms with Crippen molar-refractivity contribution < 1.29 is 44.4 Å². The van der Waals surface area contributed by atoms with Crippen LogP contribution in [-0.4, -0.2) is 76.2 Å². The van der Waals surface area contributed by atoms with E-state index in [4.69, 9.17) is 15.1 Å². The predicted molar refractivity (Wildman–Crippen MR) is 198 cm³/mol. The van der Waals surface area contributed by atoms with Crippen molar-refractivity contribution >= 4 is 69.1 Å². The number of fused-ring (bicyclic) bond motifs is 8. The summed E-state index contributed by atoms with van der Waals surface area (Å²) in [5.74, 6) is -6.69. The maximum atomic E-state index is 13.1. The Morgan fingerprint density at radius 1 is 0.906 bits per heavy atom. The SMILES string of the molecule is C=Cc1c(C)c2cc3nc(c(CC(=O)O)c4[nH]c(cc5nc(cc1[nH]2)C(C)=C5CC)c(C)c4C(=O)O)C(CCC(=O)NC(CCC(=O)O)C(=O)O)C3C. The molecule has 1 amide bonds. The molecular formula is C39H43N5O9. The number of aromatic amines is 2. The minimum atomic E-state index is -1.42. The Morgan fingerprint density at radius 2 is 1.58 bits per heavy atom. The number of amides is 1. The fourth-order valence-electron chi connectivity index (χ4n) is 7.33. The molecule has 3 aromatic rings. The molecule has 0 fully saturated rings. The molecule has 0 radical (unpaired) electrons. The topological polar surface area (TPSA) is 236 Å². The molecule has 278 valence electrons. The van der Waals surface area contributed by atoms with Gasteiger partial charge in [-0.05, 0) is 80.5 Å². The molecule has 5 heterocycles. The lowest BCUT2D eigenvalue weighted by Crippen LogP contribution is -2.41. The van der Waals surface area contributed by atoms with Crippen molar-refractivity contribution in [3.8, 4) is 0 Å². The van der Waals surface area contributed by atoms with Crippen molar-refractivity contribution in [2.75, 3.05) is 0 Å². The Kier molecular flexibility index (Phi) is 11.0. The Hall–Kier alpha value is -6.05. The van der Waals surface area contributed by atoms with E-state index in [1.165, 1.54) is 0 Å². The first-order chi connectivity index (χ1) is 25.1. The molecule has 0 spiro atoms. The van der Waals surface area contributed by atoms with Crippen LogP contribution in [0.15, 0.2) is 24.8 Å². The molecule has 14 nitrogen and oxygen atoms in total. The van der Waals surface area contributed by atoms with Crippen LogP contribution in [0.3, 0.4) is 0 Å². The number of carboxylic acids is 4. The highest BCUT2D eigenvalue weighted by atomic mass is 16.4. The summed E-state index contributed by atoms with van der Waals surface area (Å²) in [6.45, 7) is 13.5. The molecule has 53 heavy (non-hydrogen) atoms. The van der Waals surface area contributed by atoms with E-state index in [0.717, 1.165) is 39.0 Å². The van der Waals surface area contributed by atoms with Crippen LogP contribution >= 0.6 is 0 Å². The number of aryl methyl sites for hydroxylation is 2. The maximum Gasteiger partial charge on any atom is 0.338 e. The third-order valence-electron chi connectivity index (χ3n) is 10.2. The predicted octanol–water partition coefficient (Wildman–Crippen LogP) is 6.34. The molecule has 0 aliphatic carbocycles. The van der Waals surface area contributed by atoms with Gasteiger partial charge in [0.25, 0.3) is 0 Å². The van der Waals surface area contributed by atoms with E-state index in [1.54, 1.807) is 19.1 Å². The van der Waals surface area contributed by atoms with Gasteiger partial charge in [0.2, 0.25) is 5.91 Å². The van der Waals surface area contributed by atoms with Crippen LogP contribution in [0.5, 0.6) is 0 Å². The van der Waals surface area contributed by atoms with Crippen LogP contribution in [0.25, 0.3) is 39.3 Å². The molecule has 3 unspecified atom stereocenters. The quantitative estimate of drug-likeness (QED) is 0.103. The molecule has 14 heteroatoms. The van der Waals surface area contributed by atoms with Gasteiger partial charge in [0.05, 0.1) is 34.6 Å². The van der Waals surface area contributed by atoms with Crippen LogP contribution in [-0.2, 0) is 25.6 Å². The number of carboxylic acid groups (broad SMARTS) is 4. The summed E-state index contributed by atoms with van der Waals surface area (Å²) in [5, 5.41) is 41.7. The zero-order chi connectivity index (χ0) is 38.9. The van der Waals surface area contributed by atoms with Crippen LogP contribution in [0.4, 0.5) is 0 Å². The van der Waals surface area contributed by atoms with E-state index >= 15 is 0 Å². The van der Waals surface area contributed by atoms with Crippen molar-refractivity contribution in [2.24, 2.45) is 0 Å². The molecular weight excluding hydrogens is 682 g/mol. The van der Waals surface area contributed by atoms with E-state index < -0.39 is 60.5 Å². The van der Waals surface area contributed by atoms with Gasteiger partial charge in [-0.25, -0.2) is 14.6 Å². The third-order valence-corrected chi connectivity index (χ3v) is 10.2. The molecule has 3 aromatic heterocycles. The van der Waals surface area contributed by atoms with E-state index in [1.807, 2.05) is 39.8 Å². The third kappa shape index (κ3) is 7.62. The van der Waals surface area contributed by atoms with E-state index in [-0.39, 0.29) is 35.9 Å². The number of aromatic nitrogens is 4. The molecule has 8 bridgehead atoms. The van der Waals surface area contributed by atoms with Crippen molar-refractivity contribution in [1.82, 2.24) is 25.3 Å². The summed E-state index contributed by atoms with van der Waals surface area (Å²) >= 11 is 0. The van der Waals surface area contributed by atoms with Gasteiger partial charge in [-0.2, -0.15) is 0 Å². The molecule has 7 N–H and O–H groups in total. The second-order valence-corrected chi connectivity index (χ2v) is 13.5. The Morgan fingerprint density at radius 3 is 2.19 bits per heavy atom. The number of hydrogen-bond acceptors (Lipinski definition) is 7. The number of hydrogen-bond donors (Lipinski definition) is 7. The van der Waals surface area contributed by atoms with Gasteiger partial charge in [-0.15, -0.1) is 0 Å². The fraction of sp³-hybridized carbons (Fsp3) is 0.359. The average Bonchev–Trinajstić information content (AvgIpc) is 3.77. The van der Waals surface area contributed by atoms with Crippen molar-refractivity contribution in [2.45, 2.75) is 91.0 Å². The first kappa shape index (κ1) is 38.2. The van der Waals surface area contributed by atoms with E-state index in [2.05, 4.69) is 21.9 Å². The van der Waals surface area contributed by atoms with Gasteiger partial charge < -0.3 is 35.7 Å². The van der Waals surface area contributed by atoms with Gasteiger partial charge in [-0.3, -0.25) is 19.4 Å². The second-order valence-electron chi connectivity index (χ2n) is 13.5. The summed E-state index contributed by atoms with van der Waals surface area (Å²) < 4.78 is 0. The van der Waals surface area contributed by atoms with Crippen molar-refractivity contribution in [3.63, 3.8) is 0 Å². The highest BCUT2D eigenvalue weighted by Crippen LogP contribution is 2.43. The number of H-pyrrole nitrogens is 2. The molecule has 2 aliphatic heterocycles. The minimum Gasteiger partial charge on any atom is -0.481 e. The lowest BCUT2D eigenvalue weighted by atomic mass is 9.85. The minimum absolute atomic E-state index is 0.0809. The monoisotopic (exact) mass is 725 g/mol. The zero-order valence-electron chi connectivity index (χ0n) is 30.2. The van der Waals surface area contributed by atoms with Gasteiger partial charge in [-0.1, -0.05) is 26.5 Å². The normalized spacial score (nSPS) is 15.9. The zero-order valence-corrected chi connectivity index (χ0v) is 30.2. The summed E-state index contributed by atoms with van der Waals surface area (Å²) in [4.78, 5) is 77.9. The number of aromatic carboxylic acids is 1. The average molecular weight is 726 g/mol. The van der Waals surface area contributed by atoms with Gasteiger partial charge in [0, 0.05) is 58.0 Å². The number of carbonyl (C=O) groups is 5. The molecule has 3 atom stereocenters. The largest absolute Gasteiger partial charge is 0.481 e. The van der Waals surface area contributed by atoms with Crippen LogP contribution in [0.2, 0.25) is 0 Å². The lowest BCUT2D eigenvalue weighted by molar-refractivity contribution is -0.143. The van der Waals surface area contributed by atoms with Crippen molar-refractivity contribution in [3.05, 3.63) is 75.4 Å². The first-order valence-corrected chi connectivity index (χ1v) is 17.3. The van der Waals surface area contributed by atoms with Gasteiger partial charge in [0.15, 0.2) is 0 Å². The molecule has 0 saturated heterocycles. The van der Waals surface area contributed by atoms with E-state index in [0.29, 0.717) is 34.6 Å². The number of nitrogens with zero attached hydrogens (tertiary/aromatic N) is 2. The second kappa shape index (κ2) is 15.3. The Labute approximate surface area is 304 Å². The fourth-order valence-corrected chi connectivity index (χ4v) is 7.33. The standard InChI is InChI=1S/C39H43N5O9/c1-7-21-17(3)26-14-28-19(5)23(9-11-32(45)42-25(38(50)51)10-12-33(46)47)36(43-28)24(13-34(48)49)37-35(39(52)53)20(6)29(44-37)16-31-22(8-2)18(4)27(41-31)15-30(21)40-26/h7,14-16,19,23,25,40,44H,1,8-13H2,2-6H3,(H,42,45)(H,46,47)(H,48,49)(H,50,51)(H,52,53). The summed E-state index contributed by atoms with van der Waals surface area (Å²) in [5.41, 5.74) is 8.32. The summed E-state index contributed by atoms with van der Waals surface area (Å²) in [6.07, 6.45) is 0.958. The maximum absolute atomic E-state index is 13.1. The van der Waals surface area contributed by atoms with Gasteiger partial charge in [0.1, 0.15) is 6.04 Å². The number of rotatable bonds is 13. The molecule has 5 rings (SSSR count). The number of nitrogens with one attached hydrogen (secondary N) is 3. The number of aliphatic carboxylic acids is 3. The smallest absolute Gasteiger partial charge is 0.338 e. The first-order valence-electron chi connectivity index (χ1n) is 17.3. The van der Waals surface area contributed by atoms with E-state index in [9.17, 15) is 39.3 Å². The molecule has 0 aromatic carbocycles. The number of allylic oxidation sites excluding steroid dienone is 2. The molecule has 2 aliphatic rings. The van der Waals surface area contributed by atoms with Gasteiger partial charge >= 0.3 is 23.9 Å². The number of carbonyl (C=O) groups excluding carboxylic acids is 1. The van der Waals surface area contributed by atoms with Crippen LogP contribution < -0.4 is 5.32 Å². The Bertz CT molecular complexity index is 2260. The highest BCUT2D eigenvalue weighted by molar-refractivity contribution is 6.03. The lowest BCUT2D eigenvalue weighted by Gasteiger charge is -2.19. The highest BCUT2D eigenvalue weighted by Gasteiger charge is 2.34. The molecule has 0 saturated carbocycles. The Balaban J connectivity index is 1.81. The van der Waals surface area contributed by atoms with Crippen LogP contribution in [0.1, 0.15) is 120 Å². The summed E-state index contributed by atoms with van der Waals surface area (Å²) in [6, 6.07) is 4.16. The van der Waals surface area contributed by atoms with Crippen molar-refractivity contribution in [1.29, 1.82) is 0 Å². The summed E-state index contributed by atoms with van der Waals surface area (Å²) in [7, 11) is 0.